The fourth-order valence-corrected chi connectivity index (χ4v) is 6.59. The van der Waals surface area contributed by atoms with Crippen LogP contribution in [-0.2, 0) is 22.6 Å². The number of rotatable bonds is 12. The molecule has 1 amide bonds. The molecule has 7 heteroatoms. The van der Waals surface area contributed by atoms with E-state index in [2.05, 4.69) is 35.3 Å². The molecule has 1 heterocycles. The van der Waals surface area contributed by atoms with Crippen molar-refractivity contribution < 1.29 is 24.5 Å². The Morgan fingerprint density at radius 2 is 1.42 bits per heavy atom. The first kappa shape index (κ1) is 35.2. The molecule has 5 aromatic rings. The zero-order valence-electron chi connectivity index (χ0n) is 28.9. The van der Waals surface area contributed by atoms with Crippen LogP contribution in [-0.4, -0.2) is 46.8 Å². The number of amides is 1. The zero-order chi connectivity index (χ0) is 35.0. The van der Waals surface area contributed by atoms with Crippen molar-refractivity contribution in [2.75, 3.05) is 13.6 Å². The van der Waals surface area contributed by atoms with Gasteiger partial charge in [-0.2, -0.15) is 0 Å². The highest BCUT2D eigenvalue weighted by Crippen LogP contribution is 2.42. The van der Waals surface area contributed by atoms with Crippen molar-refractivity contribution in [2.45, 2.75) is 57.6 Å². The largest absolute Gasteiger partial charge is 0.392 e. The second-order valence-corrected chi connectivity index (χ2v) is 13.2. The molecule has 0 spiro atoms. The maximum absolute atomic E-state index is 12.7. The first-order valence-corrected chi connectivity index (χ1v) is 17.3. The third kappa shape index (κ3) is 8.21. The molecule has 0 bridgehead atoms. The van der Waals surface area contributed by atoms with Crippen LogP contribution in [0.15, 0.2) is 133 Å². The summed E-state index contributed by atoms with van der Waals surface area (Å²) in [7, 11) is 2.02. The number of nitrogens with zero attached hydrogens (tertiary/aromatic N) is 1. The molecule has 7 nitrogen and oxygen atoms in total. The van der Waals surface area contributed by atoms with Gasteiger partial charge in [-0.25, -0.2) is 0 Å². The lowest BCUT2D eigenvalue weighted by Crippen LogP contribution is -2.46. The molecule has 5 aromatic carbocycles. The summed E-state index contributed by atoms with van der Waals surface area (Å²) in [5.41, 5.74) is 7.37. The molecule has 1 aliphatic heterocycles. The van der Waals surface area contributed by atoms with Gasteiger partial charge in [-0.15, -0.1) is 0 Å². The predicted molar refractivity (Wildman–Crippen MR) is 196 cm³/mol. The van der Waals surface area contributed by atoms with E-state index in [1.54, 1.807) is 0 Å². The fraction of sp³-hybridized carbons (Fsp3) is 0.279. The van der Waals surface area contributed by atoms with Crippen LogP contribution in [0.2, 0.25) is 0 Å². The van der Waals surface area contributed by atoms with Gasteiger partial charge in [-0.05, 0) is 59.5 Å². The lowest BCUT2D eigenvalue weighted by molar-refractivity contribution is -0.276. The Labute approximate surface area is 295 Å². The molecule has 0 saturated carbocycles. The maximum Gasteiger partial charge on any atom is 0.251 e. The van der Waals surface area contributed by atoms with Gasteiger partial charge in [0.25, 0.3) is 5.91 Å². The van der Waals surface area contributed by atoms with E-state index in [4.69, 9.17) is 9.47 Å². The number of hydrogen-bond acceptors (Lipinski definition) is 6. The lowest BCUT2D eigenvalue weighted by Gasteiger charge is -2.43. The summed E-state index contributed by atoms with van der Waals surface area (Å²) in [5, 5.41) is 23.9. The van der Waals surface area contributed by atoms with Crippen molar-refractivity contribution in [3.8, 4) is 11.1 Å². The Kier molecular flexibility index (Phi) is 11.5. The molecule has 258 valence electrons. The van der Waals surface area contributed by atoms with Gasteiger partial charge >= 0.3 is 0 Å². The second kappa shape index (κ2) is 16.4. The van der Waals surface area contributed by atoms with Gasteiger partial charge in [0.2, 0.25) is 0 Å². The normalized spacial score (nSPS) is 20.3. The highest BCUT2D eigenvalue weighted by Gasteiger charge is 2.39. The number of carbonyl (C=O) groups excluding carboxylic acids is 1. The van der Waals surface area contributed by atoms with Crippen molar-refractivity contribution in [2.24, 2.45) is 5.92 Å². The number of benzene rings is 5. The summed E-state index contributed by atoms with van der Waals surface area (Å²) in [4.78, 5) is 14.9. The predicted octanol–water partition coefficient (Wildman–Crippen LogP) is 7.62. The molecular formula is C43H46N2O5. The molecular weight excluding hydrogens is 624 g/mol. The Balaban J connectivity index is 1.21. The van der Waals surface area contributed by atoms with Crippen LogP contribution in [0.4, 0.5) is 0 Å². The van der Waals surface area contributed by atoms with Crippen molar-refractivity contribution in [3.63, 3.8) is 0 Å². The Bertz CT molecular complexity index is 1810. The van der Waals surface area contributed by atoms with Gasteiger partial charge in [0.1, 0.15) is 0 Å². The summed E-state index contributed by atoms with van der Waals surface area (Å²) in [6, 6.07) is 43.1. The van der Waals surface area contributed by atoms with Crippen LogP contribution in [0.5, 0.6) is 0 Å². The zero-order valence-corrected chi connectivity index (χ0v) is 28.9. The van der Waals surface area contributed by atoms with E-state index in [0.717, 1.165) is 38.9 Å². The molecule has 0 radical (unpaired) electrons. The number of carbonyl (C=O) groups is 1. The summed E-state index contributed by atoms with van der Waals surface area (Å²) >= 11 is 0. The van der Waals surface area contributed by atoms with E-state index >= 15 is 0 Å². The number of aliphatic hydroxyl groups excluding tert-OH is 2. The smallest absolute Gasteiger partial charge is 0.251 e. The van der Waals surface area contributed by atoms with Crippen LogP contribution >= 0.6 is 0 Å². The molecule has 0 aromatic heterocycles. The minimum Gasteiger partial charge on any atom is -0.392 e. The van der Waals surface area contributed by atoms with Crippen molar-refractivity contribution in [3.05, 3.63) is 167 Å². The molecule has 1 saturated heterocycles. The molecule has 6 rings (SSSR count). The third-order valence-electron chi connectivity index (χ3n) is 9.87. The summed E-state index contributed by atoms with van der Waals surface area (Å²) in [6.45, 7) is 5.17. The highest BCUT2D eigenvalue weighted by atomic mass is 16.7. The highest BCUT2D eigenvalue weighted by molar-refractivity contribution is 5.94. The first-order chi connectivity index (χ1) is 24.3. The molecule has 1 aliphatic rings. The summed E-state index contributed by atoms with van der Waals surface area (Å²) < 4.78 is 13.4. The van der Waals surface area contributed by atoms with E-state index in [9.17, 15) is 15.0 Å². The second-order valence-electron chi connectivity index (χ2n) is 13.2. The number of likely N-dealkylation sites (N-methyl/N-ethyl adjacent to an activating group) is 1. The molecule has 0 aliphatic carbocycles. The minimum absolute atomic E-state index is 0.00647. The quantitative estimate of drug-likeness (QED) is 0.127. The molecule has 6 atom stereocenters. The SMILES string of the molecule is C[C@H]1[C@@H](CN(C)[C@@H](C)[C@H](O)c2ccccc2)O[C@@H](c2ccc(-c3ccccc3CNC(=O)c3ccccc3)cc2)O[C@H]1c1ccc(CO)cc1. The van der Waals surface area contributed by atoms with Crippen LogP contribution in [0.1, 0.15) is 70.5 Å². The van der Waals surface area contributed by atoms with Gasteiger partial charge < -0.3 is 25.0 Å². The monoisotopic (exact) mass is 670 g/mol. The van der Waals surface area contributed by atoms with Crippen LogP contribution < -0.4 is 5.32 Å². The van der Waals surface area contributed by atoms with Gasteiger partial charge in [-0.1, -0.05) is 128 Å². The summed E-state index contributed by atoms with van der Waals surface area (Å²) in [5.74, 6) is -0.103. The van der Waals surface area contributed by atoms with E-state index in [1.807, 2.05) is 129 Å². The lowest BCUT2D eigenvalue weighted by atomic mass is 9.89. The Hall–Kier alpha value is -4.63. The fourth-order valence-electron chi connectivity index (χ4n) is 6.59. The molecule has 3 N–H and O–H groups in total. The average molecular weight is 671 g/mol. The summed E-state index contributed by atoms with van der Waals surface area (Å²) in [6.07, 6.45) is -1.70. The van der Waals surface area contributed by atoms with Crippen molar-refractivity contribution >= 4 is 5.91 Å². The van der Waals surface area contributed by atoms with Gasteiger partial charge in [0.15, 0.2) is 6.29 Å². The van der Waals surface area contributed by atoms with Crippen LogP contribution in [0.25, 0.3) is 11.1 Å². The van der Waals surface area contributed by atoms with E-state index in [1.165, 1.54) is 0 Å². The number of nitrogens with one attached hydrogen (secondary N) is 1. The minimum atomic E-state index is -0.643. The topological polar surface area (TPSA) is 91.3 Å². The van der Waals surface area contributed by atoms with Crippen molar-refractivity contribution in [1.29, 1.82) is 0 Å². The van der Waals surface area contributed by atoms with Gasteiger partial charge in [-0.3, -0.25) is 9.69 Å². The molecule has 1 fully saturated rings. The Morgan fingerprint density at radius 1 is 0.800 bits per heavy atom. The number of aliphatic hydroxyl groups is 2. The van der Waals surface area contributed by atoms with Gasteiger partial charge in [0.05, 0.1) is 24.9 Å². The van der Waals surface area contributed by atoms with Crippen molar-refractivity contribution in [1.82, 2.24) is 10.2 Å². The molecule has 0 unspecified atom stereocenters. The number of hydrogen-bond donors (Lipinski definition) is 3. The van der Waals surface area contributed by atoms with Gasteiger partial charge in [0, 0.05) is 36.2 Å². The molecule has 50 heavy (non-hydrogen) atoms. The third-order valence-corrected chi connectivity index (χ3v) is 9.87. The maximum atomic E-state index is 12.7. The standard InChI is InChI=1S/C43H46N2O5/c1-29-39(27-45(3)30(2)40(47)33-12-6-4-7-13-33)49-43(50-41(29)34-20-18-31(28-46)19-21-34)36-24-22-32(23-25-36)38-17-11-10-16-37(38)26-44-42(48)35-14-8-5-9-15-35/h4-25,29-30,39-41,43,46-47H,26-28H2,1-3H3,(H,44,48)/t29-,30-,39+,40-,41+,43+/m0/s1. The van der Waals surface area contributed by atoms with E-state index in [0.29, 0.717) is 18.7 Å². The average Bonchev–Trinajstić information content (AvgIpc) is 3.18. The first-order valence-electron chi connectivity index (χ1n) is 17.3. The van der Waals surface area contributed by atoms with Crippen LogP contribution in [0, 0.1) is 5.92 Å². The van der Waals surface area contributed by atoms with Crippen LogP contribution in [0.3, 0.4) is 0 Å². The van der Waals surface area contributed by atoms with E-state index < -0.39 is 12.4 Å². The number of ether oxygens (including phenoxy) is 2. The van der Waals surface area contributed by atoms with E-state index in [-0.39, 0.29) is 36.7 Å². The Morgan fingerprint density at radius 3 is 2.10 bits per heavy atom.